The monoisotopic (exact) mass is 266 g/mol. The number of nitrogens with one attached hydrogen (secondary N) is 2. The van der Waals surface area contributed by atoms with Crippen molar-refractivity contribution >= 4 is 23.6 Å². The number of hydrogen-bond donors (Lipinski definition) is 3. The second-order valence-electron chi connectivity index (χ2n) is 4.02. The number of thioether (sulfide) groups is 1. The van der Waals surface area contributed by atoms with Crippen molar-refractivity contribution < 1.29 is 14.7 Å². The van der Waals surface area contributed by atoms with Gasteiger partial charge in [-0.1, -0.05) is 12.1 Å². The van der Waals surface area contributed by atoms with Crippen LogP contribution < -0.4 is 10.6 Å². The van der Waals surface area contributed by atoms with Gasteiger partial charge in [0.25, 0.3) is 0 Å². The third-order valence-corrected chi connectivity index (χ3v) is 3.67. The maximum atomic E-state index is 11.5. The standard InChI is InChI=1S/C12H14N2O3S/c15-9-3-1-8(2-4-9)6-18-7-10-12(17)13-5-11(16)14-10/h1-4,10,15H,5-7H2,(H,13,17)(H,14,16). The van der Waals surface area contributed by atoms with Gasteiger partial charge in [0, 0.05) is 11.5 Å². The predicted octanol–water partition coefficient (Wildman–Crippen LogP) is 0.240. The van der Waals surface area contributed by atoms with Crippen molar-refractivity contribution in [1.82, 2.24) is 10.6 Å². The van der Waals surface area contributed by atoms with Gasteiger partial charge in [0.1, 0.15) is 11.8 Å². The van der Waals surface area contributed by atoms with E-state index in [0.29, 0.717) is 5.75 Å². The molecule has 0 radical (unpaired) electrons. The molecule has 0 spiro atoms. The second kappa shape index (κ2) is 5.77. The lowest BCUT2D eigenvalue weighted by atomic mass is 10.2. The van der Waals surface area contributed by atoms with Crippen molar-refractivity contribution in [2.24, 2.45) is 0 Å². The van der Waals surface area contributed by atoms with Gasteiger partial charge >= 0.3 is 0 Å². The van der Waals surface area contributed by atoms with E-state index in [0.717, 1.165) is 11.3 Å². The molecule has 3 N–H and O–H groups in total. The van der Waals surface area contributed by atoms with Crippen LogP contribution in [-0.2, 0) is 15.3 Å². The minimum absolute atomic E-state index is 0.0674. The molecule has 2 amide bonds. The number of piperazine rings is 1. The third-order valence-electron chi connectivity index (χ3n) is 2.56. The first-order chi connectivity index (χ1) is 8.65. The highest BCUT2D eigenvalue weighted by atomic mass is 32.2. The molecule has 6 heteroatoms. The summed E-state index contributed by atoms with van der Waals surface area (Å²) in [7, 11) is 0. The Balaban J connectivity index is 1.79. The van der Waals surface area contributed by atoms with Crippen molar-refractivity contribution in [3.8, 4) is 5.75 Å². The fraction of sp³-hybridized carbons (Fsp3) is 0.333. The minimum Gasteiger partial charge on any atom is -0.508 e. The maximum absolute atomic E-state index is 11.5. The quantitative estimate of drug-likeness (QED) is 0.729. The molecular weight excluding hydrogens is 252 g/mol. The number of benzene rings is 1. The van der Waals surface area contributed by atoms with Crippen LogP contribution in [0.1, 0.15) is 5.56 Å². The van der Waals surface area contributed by atoms with Gasteiger partial charge < -0.3 is 15.7 Å². The number of carbonyl (C=O) groups excluding carboxylic acids is 2. The Bertz CT molecular complexity index is 447. The Labute approximate surface area is 109 Å². The summed E-state index contributed by atoms with van der Waals surface area (Å²) in [6.07, 6.45) is 0. The van der Waals surface area contributed by atoms with E-state index in [9.17, 15) is 9.59 Å². The molecule has 0 aliphatic carbocycles. The van der Waals surface area contributed by atoms with E-state index in [1.165, 1.54) is 0 Å². The van der Waals surface area contributed by atoms with Gasteiger partial charge in [-0.3, -0.25) is 9.59 Å². The molecule has 18 heavy (non-hydrogen) atoms. The predicted molar refractivity (Wildman–Crippen MR) is 69.2 cm³/mol. The van der Waals surface area contributed by atoms with Gasteiger partial charge in [-0.2, -0.15) is 11.8 Å². The van der Waals surface area contributed by atoms with Crippen molar-refractivity contribution in [1.29, 1.82) is 0 Å². The molecule has 96 valence electrons. The SMILES string of the molecule is O=C1CNC(=O)C(CSCc2ccc(O)cc2)N1. The summed E-state index contributed by atoms with van der Waals surface area (Å²) in [5.41, 5.74) is 1.07. The molecule has 1 aromatic rings. The zero-order chi connectivity index (χ0) is 13.0. The zero-order valence-electron chi connectivity index (χ0n) is 9.68. The number of aromatic hydroxyl groups is 1. The number of amides is 2. The van der Waals surface area contributed by atoms with Gasteiger partial charge in [0.05, 0.1) is 6.54 Å². The van der Waals surface area contributed by atoms with E-state index in [2.05, 4.69) is 10.6 Å². The third kappa shape index (κ3) is 3.40. The smallest absolute Gasteiger partial charge is 0.243 e. The lowest BCUT2D eigenvalue weighted by Gasteiger charge is -2.22. The highest BCUT2D eigenvalue weighted by Gasteiger charge is 2.25. The molecular formula is C12H14N2O3S. The van der Waals surface area contributed by atoms with Gasteiger partial charge in [0.15, 0.2) is 0 Å². The molecule has 1 aliphatic heterocycles. The molecule has 1 fully saturated rings. The number of hydrogen-bond acceptors (Lipinski definition) is 4. The molecule has 1 aliphatic rings. The first-order valence-corrected chi connectivity index (χ1v) is 6.73. The van der Waals surface area contributed by atoms with Crippen molar-refractivity contribution in [3.63, 3.8) is 0 Å². The zero-order valence-corrected chi connectivity index (χ0v) is 10.5. The second-order valence-corrected chi connectivity index (χ2v) is 5.05. The van der Waals surface area contributed by atoms with Crippen molar-refractivity contribution in [2.45, 2.75) is 11.8 Å². The Kier molecular flexibility index (Phi) is 4.09. The van der Waals surface area contributed by atoms with E-state index in [1.54, 1.807) is 23.9 Å². The van der Waals surface area contributed by atoms with Crippen LogP contribution in [0.5, 0.6) is 5.75 Å². The number of phenolic OH excluding ortho intramolecular Hbond substituents is 1. The topological polar surface area (TPSA) is 78.4 Å². The van der Waals surface area contributed by atoms with Crippen LogP contribution in [0.15, 0.2) is 24.3 Å². The van der Waals surface area contributed by atoms with Crippen LogP contribution in [0.3, 0.4) is 0 Å². The van der Waals surface area contributed by atoms with Gasteiger partial charge in [0.2, 0.25) is 11.8 Å². The van der Waals surface area contributed by atoms with Crippen LogP contribution in [0, 0.1) is 0 Å². The molecule has 2 rings (SSSR count). The summed E-state index contributed by atoms with van der Waals surface area (Å²) in [5, 5.41) is 14.3. The van der Waals surface area contributed by atoms with Crippen LogP contribution in [0.4, 0.5) is 0 Å². The normalized spacial score (nSPS) is 19.2. The average Bonchev–Trinajstić information content (AvgIpc) is 2.36. The first-order valence-electron chi connectivity index (χ1n) is 5.58. The van der Waals surface area contributed by atoms with E-state index >= 15 is 0 Å². The largest absolute Gasteiger partial charge is 0.508 e. The molecule has 1 heterocycles. The molecule has 1 unspecified atom stereocenters. The number of carbonyl (C=O) groups is 2. The Morgan fingerprint density at radius 1 is 1.28 bits per heavy atom. The van der Waals surface area contributed by atoms with Crippen molar-refractivity contribution in [2.75, 3.05) is 12.3 Å². The summed E-state index contributed by atoms with van der Waals surface area (Å²) in [6, 6.07) is 6.48. The average molecular weight is 266 g/mol. The molecule has 0 saturated carbocycles. The van der Waals surface area contributed by atoms with Gasteiger partial charge in [-0.25, -0.2) is 0 Å². The summed E-state index contributed by atoms with van der Waals surface area (Å²) >= 11 is 1.57. The fourth-order valence-corrected chi connectivity index (χ4v) is 2.62. The highest BCUT2D eigenvalue weighted by Crippen LogP contribution is 2.16. The summed E-state index contributed by atoms with van der Waals surface area (Å²) in [6.45, 7) is 0.0674. The summed E-state index contributed by atoms with van der Waals surface area (Å²) in [4.78, 5) is 22.6. The van der Waals surface area contributed by atoms with E-state index in [-0.39, 0.29) is 24.1 Å². The van der Waals surface area contributed by atoms with Crippen molar-refractivity contribution in [3.05, 3.63) is 29.8 Å². The summed E-state index contributed by atoms with van der Waals surface area (Å²) < 4.78 is 0. The number of phenols is 1. The lowest BCUT2D eigenvalue weighted by molar-refractivity contribution is -0.133. The number of rotatable bonds is 4. The Morgan fingerprint density at radius 2 is 2.00 bits per heavy atom. The van der Waals surface area contributed by atoms with E-state index in [1.807, 2.05) is 12.1 Å². The Morgan fingerprint density at radius 3 is 2.72 bits per heavy atom. The molecule has 0 bridgehead atoms. The Hall–Kier alpha value is -1.69. The molecule has 1 aromatic carbocycles. The maximum Gasteiger partial charge on any atom is 0.243 e. The lowest BCUT2D eigenvalue weighted by Crippen LogP contribution is -2.57. The van der Waals surface area contributed by atoms with Crippen LogP contribution >= 0.6 is 11.8 Å². The molecule has 0 aromatic heterocycles. The molecule has 1 atom stereocenters. The van der Waals surface area contributed by atoms with E-state index < -0.39 is 6.04 Å². The van der Waals surface area contributed by atoms with Crippen LogP contribution in [0.2, 0.25) is 0 Å². The van der Waals surface area contributed by atoms with Crippen LogP contribution in [-0.4, -0.2) is 35.3 Å². The highest BCUT2D eigenvalue weighted by molar-refractivity contribution is 7.98. The summed E-state index contributed by atoms with van der Waals surface area (Å²) in [5.74, 6) is 1.23. The van der Waals surface area contributed by atoms with Gasteiger partial charge in [-0.15, -0.1) is 0 Å². The van der Waals surface area contributed by atoms with Gasteiger partial charge in [-0.05, 0) is 17.7 Å². The first kappa shape index (κ1) is 12.8. The van der Waals surface area contributed by atoms with Crippen LogP contribution in [0.25, 0.3) is 0 Å². The fourth-order valence-electron chi connectivity index (χ4n) is 1.61. The molecule has 5 nitrogen and oxygen atoms in total. The minimum atomic E-state index is -0.451. The van der Waals surface area contributed by atoms with E-state index in [4.69, 9.17) is 5.11 Å². The molecule has 1 saturated heterocycles.